The summed E-state index contributed by atoms with van der Waals surface area (Å²) in [6, 6.07) is 2.61. The van der Waals surface area contributed by atoms with Crippen molar-refractivity contribution in [1.82, 2.24) is 9.62 Å². The zero-order chi connectivity index (χ0) is 23.1. The molecule has 1 amide bonds. The molecule has 166 valence electrons. The zero-order valence-corrected chi connectivity index (χ0v) is 18.7. The number of thioether (sulfide) groups is 1. The van der Waals surface area contributed by atoms with Crippen molar-refractivity contribution in [2.75, 3.05) is 5.75 Å². The molecule has 13 heteroatoms. The number of ether oxygens (including phenoxy) is 1. The van der Waals surface area contributed by atoms with Gasteiger partial charge in [-0.25, -0.2) is 9.52 Å². The molecule has 2 aliphatic heterocycles. The van der Waals surface area contributed by atoms with Crippen molar-refractivity contribution in [3.63, 3.8) is 0 Å². The molecule has 3 rings (SSSR count). The molecular weight excluding hydrogens is 448 g/mol. The molecule has 31 heavy (non-hydrogen) atoms. The summed E-state index contributed by atoms with van der Waals surface area (Å²) in [5.74, 6) is -0.390. The van der Waals surface area contributed by atoms with Crippen LogP contribution < -0.4 is 4.72 Å². The van der Waals surface area contributed by atoms with Gasteiger partial charge in [0.25, 0.3) is 11.4 Å². The first kappa shape index (κ1) is 23.0. The number of nitro groups is 2. The van der Waals surface area contributed by atoms with E-state index in [-0.39, 0.29) is 21.9 Å². The number of nitrogens with zero attached hydrogens (tertiary/aromatic N) is 3. The van der Waals surface area contributed by atoms with E-state index in [1.54, 1.807) is 27.7 Å². The summed E-state index contributed by atoms with van der Waals surface area (Å²) in [4.78, 5) is 47.7. The molecule has 0 spiro atoms. The molecule has 2 heterocycles. The fourth-order valence-corrected chi connectivity index (χ4v) is 5.28. The highest BCUT2D eigenvalue weighted by atomic mass is 32.2. The third-order valence-electron chi connectivity index (χ3n) is 4.40. The molecular formula is C18H20N4O7S2. The van der Waals surface area contributed by atoms with Crippen LogP contribution in [0.4, 0.5) is 11.4 Å². The first-order valence-corrected chi connectivity index (χ1v) is 11.0. The minimum atomic E-state index is -0.715. The van der Waals surface area contributed by atoms with Crippen LogP contribution in [-0.4, -0.2) is 49.4 Å². The average Bonchev–Trinajstić information content (AvgIpc) is 2.66. The SMILES string of the molecule is CC1=C(C(=O)OC(C)(C)C)N2C(=O)[C@@H](NSc3ccc([N+](=O)[O-])cc3[N+](=O)[O-])[C@H]2SC1. The lowest BCUT2D eigenvalue weighted by atomic mass is 10.0. The molecule has 0 bridgehead atoms. The Labute approximate surface area is 186 Å². The smallest absolute Gasteiger partial charge is 0.355 e. The van der Waals surface area contributed by atoms with Crippen molar-refractivity contribution in [3.05, 3.63) is 49.7 Å². The highest BCUT2D eigenvalue weighted by molar-refractivity contribution is 8.00. The van der Waals surface area contributed by atoms with Gasteiger partial charge >= 0.3 is 5.97 Å². The van der Waals surface area contributed by atoms with Crippen molar-refractivity contribution in [2.24, 2.45) is 0 Å². The minimum Gasteiger partial charge on any atom is -0.455 e. The molecule has 1 aromatic rings. The van der Waals surface area contributed by atoms with Crippen LogP contribution in [0, 0.1) is 20.2 Å². The topological polar surface area (TPSA) is 145 Å². The molecule has 0 unspecified atom stereocenters. The number of β-lactam (4-membered cyclic amide) rings is 1. The van der Waals surface area contributed by atoms with E-state index in [0.717, 1.165) is 29.7 Å². The maximum absolute atomic E-state index is 12.8. The van der Waals surface area contributed by atoms with E-state index in [4.69, 9.17) is 4.74 Å². The number of esters is 1. The molecule has 1 fully saturated rings. The fourth-order valence-electron chi connectivity index (χ4n) is 3.04. The maximum atomic E-state index is 12.8. The Bertz CT molecular complexity index is 1010. The Hall–Kier alpha value is -2.64. The molecule has 0 aliphatic carbocycles. The molecule has 1 aromatic carbocycles. The first-order chi connectivity index (χ1) is 14.4. The predicted octanol–water partition coefficient (Wildman–Crippen LogP) is 3.00. The van der Waals surface area contributed by atoms with Gasteiger partial charge in [-0.2, -0.15) is 0 Å². The van der Waals surface area contributed by atoms with Gasteiger partial charge in [-0.15, -0.1) is 11.8 Å². The summed E-state index contributed by atoms with van der Waals surface area (Å²) in [6.45, 7) is 7.00. The molecule has 1 N–H and O–H groups in total. The number of carbonyl (C=O) groups excluding carboxylic acids is 2. The van der Waals surface area contributed by atoms with Crippen LogP contribution in [0.5, 0.6) is 0 Å². The summed E-state index contributed by atoms with van der Waals surface area (Å²) >= 11 is 2.32. The summed E-state index contributed by atoms with van der Waals surface area (Å²) in [6.07, 6.45) is 0. The molecule has 0 radical (unpaired) electrons. The Balaban J connectivity index is 1.74. The quantitative estimate of drug-likeness (QED) is 0.217. The highest BCUT2D eigenvalue weighted by Gasteiger charge is 2.53. The fraction of sp³-hybridized carbons (Fsp3) is 0.444. The lowest BCUT2D eigenvalue weighted by Gasteiger charge is -2.49. The Kier molecular flexibility index (Phi) is 6.30. The standard InChI is InChI=1S/C18H20N4O7S2/c1-9-8-30-16-13(15(23)20(16)14(9)17(24)29-18(2,3)4)19-31-12-6-5-10(21(25)26)7-11(12)22(27)28/h5-7,13,16,19H,8H2,1-4H3/t13-,16-/m1/s1. The number of carbonyl (C=O) groups is 2. The Morgan fingerprint density at radius 1 is 1.29 bits per heavy atom. The monoisotopic (exact) mass is 468 g/mol. The van der Waals surface area contributed by atoms with E-state index >= 15 is 0 Å². The van der Waals surface area contributed by atoms with Gasteiger partial charge in [-0.3, -0.25) is 29.9 Å². The molecule has 2 atom stereocenters. The second-order valence-corrected chi connectivity index (χ2v) is 9.89. The number of nitrogens with one attached hydrogen (secondary N) is 1. The van der Waals surface area contributed by atoms with Crippen molar-refractivity contribution >= 4 is 47.0 Å². The summed E-state index contributed by atoms with van der Waals surface area (Å²) in [5.41, 5.74) is -0.570. The second-order valence-electron chi connectivity index (χ2n) is 7.90. The van der Waals surface area contributed by atoms with E-state index in [0.29, 0.717) is 5.75 Å². The summed E-state index contributed by atoms with van der Waals surface area (Å²) < 4.78 is 8.34. The van der Waals surface area contributed by atoms with Crippen LogP contribution in [-0.2, 0) is 14.3 Å². The molecule has 0 aromatic heterocycles. The summed E-state index contributed by atoms with van der Waals surface area (Å²) in [5, 5.41) is 21.8. The Morgan fingerprint density at radius 3 is 2.55 bits per heavy atom. The van der Waals surface area contributed by atoms with E-state index < -0.39 is 38.8 Å². The van der Waals surface area contributed by atoms with Gasteiger partial charge in [-0.1, -0.05) is 0 Å². The normalized spacial score (nSPS) is 20.8. The first-order valence-electron chi connectivity index (χ1n) is 9.13. The number of non-ortho nitro benzene ring substituents is 1. The number of benzene rings is 1. The van der Waals surface area contributed by atoms with Crippen LogP contribution in [0.15, 0.2) is 34.4 Å². The molecule has 0 saturated carbocycles. The van der Waals surface area contributed by atoms with Crippen molar-refractivity contribution in [1.29, 1.82) is 0 Å². The number of hydrogen-bond donors (Lipinski definition) is 1. The van der Waals surface area contributed by atoms with Gasteiger partial charge in [0.05, 0.1) is 15.9 Å². The van der Waals surface area contributed by atoms with Gasteiger partial charge in [-0.05, 0) is 51.3 Å². The predicted molar refractivity (Wildman–Crippen MR) is 114 cm³/mol. The average molecular weight is 469 g/mol. The Morgan fingerprint density at radius 2 is 1.97 bits per heavy atom. The van der Waals surface area contributed by atoms with Crippen LogP contribution >= 0.6 is 23.7 Å². The van der Waals surface area contributed by atoms with Crippen LogP contribution in [0.1, 0.15) is 27.7 Å². The lowest BCUT2D eigenvalue weighted by Crippen LogP contribution is -2.68. The zero-order valence-electron chi connectivity index (χ0n) is 17.1. The van der Waals surface area contributed by atoms with Gasteiger partial charge in [0, 0.05) is 11.8 Å². The van der Waals surface area contributed by atoms with Gasteiger partial charge in [0.2, 0.25) is 5.91 Å². The van der Waals surface area contributed by atoms with Crippen molar-refractivity contribution in [2.45, 2.75) is 49.6 Å². The van der Waals surface area contributed by atoms with Crippen LogP contribution in [0.25, 0.3) is 0 Å². The maximum Gasteiger partial charge on any atom is 0.355 e. The van der Waals surface area contributed by atoms with Crippen LogP contribution in [0.2, 0.25) is 0 Å². The van der Waals surface area contributed by atoms with E-state index in [1.807, 2.05) is 0 Å². The minimum absolute atomic E-state index is 0.141. The second kappa shape index (κ2) is 8.48. The third kappa shape index (κ3) is 4.67. The number of rotatable bonds is 6. The summed E-state index contributed by atoms with van der Waals surface area (Å²) in [7, 11) is 0. The number of amides is 1. The number of hydrogen-bond acceptors (Lipinski definition) is 10. The third-order valence-corrected chi connectivity index (χ3v) is 6.76. The van der Waals surface area contributed by atoms with Gasteiger partial charge in [0.1, 0.15) is 27.6 Å². The number of fused-ring (bicyclic) bond motifs is 1. The highest BCUT2D eigenvalue weighted by Crippen LogP contribution is 2.42. The van der Waals surface area contributed by atoms with E-state index in [9.17, 15) is 29.8 Å². The van der Waals surface area contributed by atoms with Gasteiger partial charge in [0.15, 0.2) is 0 Å². The van der Waals surface area contributed by atoms with Crippen molar-refractivity contribution < 1.29 is 24.2 Å². The molecule has 11 nitrogen and oxygen atoms in total. The van der Waals surface area contributed by atoms with Crippen molar-refractivity contribution in [3.8, 4) is 0 Å². The van der Waals surface area contributed by atoms with E-state index in [2.05, 4.69) is 4.72 Å². The lowest BCUT2D eigenvalue weighted by molar-refractivity contribution is -0.396. The number of nitro benzene ring substituents is 2. The van der Waals surface area contributed by atoms with Gasteiger partial charge < -0.3 is 4.74 Å². The molecule has 1 saturated heterocycles. The largest absolute Gasteiger partial charge is 0.455 e. The van der Waals surface area contributed by atoms with E-state index in [1.165, 1.54) is 22.7 Å². The molecule has 2 aliphatic rings. The van der Waals surface area contributed by atoms with Crippen LogP contribution in [0.3, 0.4) is 0 Å².